The van der Waals surface area contributed by atoms with Crippen LogP contribution < -0.4 is 10.6 Å². The van der Waals surface area contributed by atoms with Gasteiger partial charge in [0, 0.05) is 50.6 Å². The molecule has 2 N–H and O–H groups in total. The zero-order chi connectivity index (χ0) is 62.5. The third kappa shape index (κ3) is 39.1. The van der Waals surface area contributed by atoms with Gasteiger partial charge in [-0.05, 0) is 147 Å². The van der Waals surface area contributed by atoms with E-state index < -0.39 is 0 Å². The summed E-state index contributed by atoms with van der Waals surface area (Å²) in [5, 5.41) is 6.05. The minimum Gasteiger partial charge on any atom is -0.356 e. The lowest BCUT2D eigenvalue weighted by Gasteiger charge is -2.26. The Labute approximate surface area is 521 Å². The molecule has 6 heteroatoms. The van der Waals surface area contributed by atoms with Crippen LogP contribution in [0, 0.1) is 35.5 Å². The van der Waals surface area contributed by atoms with Gasteiger partial charge in [-0.2, -0.15) is 0 Å². The second-order valence-electron chi connectivity index (χ2n) is 26.4. The summed E-state index contributed by atoms with van der Waals surface area (Å²) in [5.74, 6) is 5.54. The van der Waals surface area contributed by atoms with Gasteiger partial charge >= 0.3 is 0 Å². The van der Waals surface area contributed by atoms with Gasteiger partial charge in [-0.1, -0.05) is 274 Å². The maximum Gasteiger partial charge on any atom is 0.223 e. The largest absolute Gasteiger partial charge is 0.356 e. The number of ketones is 2. The Hall–Kier alpha value is -5.36. The Morgan fingerprint density at radius 2 is 0.765 bits per heavy atom. The molecule has 85 heavy (non-hydrogen) atoms. The first-order valence-electron chi connectivity index (χ1n) is 33.9. The predicted octanol–water partition coefficient (Wildman–Crippen LogP) is 21.5. The highest BCUT2D eigenvalue weighted by molar-refractivity contribution is 5.82. The fourth-order valence-electron chi connectivity index (χ4n) is 10.9. The lowest BCUT2D eigenvalue weighted by molar-refractivity contribution is -0.124. The zero-order valence-electron chi connectivity index (χ0n) is 55.9. The molecule has 4 aromatic rings. The topological polar surface area (TPSA) is 92.3 Å². The molecule has 472 valence electrons. The molecule has 2 amide bonds. The van der Waals surface area contributed by atoms with Crippen LogP contribution in [0.2, 0.25) is 0 Å². The Bertz CT molecular complexity index is 2290. The van der Waals surface area contributed by atoms with Gasteiger partial charge in [0.25, 0.3) is 0 Å². The molecule has 0 saturated carbocycles. The van der Waals surface area contributed by atoms with E-state index in [2.05, 4.69) is 200 Å². The van der Waals surface area contributed by atoms with Crippen molar-refractivity contribution in [1.29, 1.82) is 0 Å². The molecule has 0 fully saturated rings. The van der Waals surface area contributed by atoms with Crippen molar-refractivity contribution < 1.29 is 19.2 Å². The predicted molar refractivity (Wildman–Crippen MR) is 366 cm³/mol. The first kappa shape index (κ1) is 75.7. The number of rotatable bonds is 42. The fraction of sp³-hybridized carbons (Fsp3) is 0.595. The summed E-state index contributed by atoms with van der Waals surface area (Å²) in [6.45, 7) is 27.6. The molecule has 6 atom stereocenters. The molecule has 0 aromatic heterocycles. The number of amides is 2. The quantitative estimate of drug-likeness (QED) is 0.0342. The van der Waals surface area contributed by atoms with Crippen LogP contribution in [0.4, 0.5) is 0 Å². The van der Waals surface area contributed by atoms with Gasteiger partial charge in [0.05, 0.1) is 0 Å². The van der Waals surface area contributed by atoms with E-state index in [0.717, 1.165) is 57.5 Å². The van der Waals surface area contributed by atoms with Gasteiger partial charge in [-0.3, -0.25) is 19.2 Å². The summed E-state index contributed by atoms with van der Waals surface area (Å²) in [6.07, 6.45) is 32.4. The van der Waals surface area contributed by atoms with E-state index in [9.17, 15) is 19.2 Å². The van der Waals surface area contributed by atoms with Gasteiger partial charge in [0.15, 0.2) is 0 Å². The average molecular weight is 1160 g/mol. The number of hydrogen-bond acceptors (Lipinski definition) is 4. The number of hydrogen-bond donors (Lipinski definition) is 2. The monoisotopic (exact) mass is 1160 g/mol. The van der Waals surface area contributed by atoms with Crippen molar-refractivity contribution in [3.63, 3.8) is 0 Å². The van der Waals surface area contributed by atoms with Crippen LogP contribution in [0.3, 0.4) is 0 Å². The molecule has 0 radical (unpaired) electrons. The van der Waals surface area contributed by atoms with Gasteiger partial charge in [0.1, 0.15) is 11.6 Å². The first-order chi connectivity index (χ1) is 40.9. The molecule has 0 aliphatic heterocycles. The van der Waals surface area contributed by atoms with Gasteiger partial charge < -0.3 is 10.6 Å². The summed E-state index contributed by atoms with van der Waals surface area (Å²) in [7, 11) is 0. The third-order valence-corrected chi connectivity index (χ3v) is 17.0. The Morgan fingerprint density at radius 1 is 0.353 bits per heavy atom. The van der Waals surface area contributed by atoms with Crippen molar-refractivity contribution in [1.82, 2.24) is 10.6 Å². The Morgan fingerprint density at radius 3 is 1.25 bits per heavy atom. The number of allylic oxidation sites excluding steroid dienone is 3. The number of benzene rings is 4. The molecule has 0 bridgehead atoms. The van der Waals surface area contributed by atoms with E-state index >= 15 is 0 Å². The van der Waals surface area contributed by atoms with E-state index in [0.29, 0.717) is 67.0 Å². The number of unbranched alkanes of at least 4 members (excludes halogenated alkanes) is 4. The third-order valence-electron chi connectivity index (χ3n) is 17.0. The summed E-state index contributed by atoms with van der Waals surface area (Å²) in [6, 6.07) is 43.3. The van der Waals surface area contributed by atoms with Crippen LogP contribution in [0.5, 0.6) is 0 Å². The van der Waals surface area contributed by atoms with E-state index in [1.54, 1.807) is 12.2 Å². The van der Waals surface area contributed by atoms with Crippen LogP contribution in [0.25, 0.3) is 0 Å². The molecule has 0 aliphatic rings. The smallest absolute Gasteiger partial charge is 0.223 e. The number of carbonyl (C=O) groups excluding carboxylic acids is 4. The molecule has 4 aromatic carbocycles. The molecular formula is C79H122N2O4. The van der Waals surface area contributed by atoms with E-state index in [-0.39, 0.29) is 35.4 Å². The minimum absolute atomic E-state index is 0.0469. The summed E-state index contributed by atoms with van der Waals surface area (Å²) < 4.78 is 0. The molecule has 6 nitrogen and oxygen atoms in total. The van der Waals surface area contributed by atoms with Crippen molar-refractivity contribution in [2.45, 2.75) is 254 Å². The van der Waals surface area contributed by atoms with Crippen molar-refractivity contribution in [2.24, 2.45) is 35.5 Å². The standard InChI is InChI=1S/C38H59NO2.C22H28.C19H35NO2/c1-29(2)15-14-26-39-38(41)25-24-34(28-37(40)30(3)4)27-33(23-22-32(6)36-20-11-8-12-21-36)17-13-16-31(5)35-18-9-7-10-19-35;1-19(21-15-9-5-10-16-21)13-7-3-4-8-14-20(2)22-17-11-6-12-18-22;1-16(2)12-8-6-5-7-11-15-20-19(22)14-10-9-13-18(21)17(3)4/h7-12,18-21,29-34H,13-17,22-28H2,1-6H3,(H,39,41);3-6,9-12,15-20H,7-8,13-14H2,1-2H3;9-10,16-17H,5-8,11-15H2,1-4H3,(H,20,22)/b;4-3-;10-9+. The molecule has 0 heterocycles. The lowest BCUT2D eigenvalue weighted by Crippen LogP contribution is -2.26. The summed E-state index contributed by atoms with van der Waals surface area (Å²) in [5.41, 5.74) is 5.73. The lowest BCUT2D eigenvalue weighted by atomic mass is 9.79. The first-order valence-corrected chi connectivity index (χ1v) is 33.9. The SMILES string of the molecule is CC(C)CCCCCCCNC(=O)C/C=C/CC(=O)C(C)C.CC(C)CCCNC(=O)CCC(CC(=O)C(C)C)CC(CCCC(C)c1ccccc1)CCC(C)c1ccccc1.CC(CC/C=C\CCC(C)c1ccccc1)c1ccccc1. The average Bonchev–Trinajstić information content (AvgIpc) is 3.51. The zero-order valence-corrected chi connectivity index (χ0v) is 55.9. The summed E-state index contributed by atoms with van der Waals surface area (Å²) >= 11 is 0. The van der Waals surface area contributed by atoms with E-state index in [4.69, 9.17) is 0 Å². The van der Waals surface area contributed by atoms with Crippen molar-refractivity contribution in [3.8, 4) is 0 Å². The van der Waals surface area contributed by atoms with Crippen LogP contribution in [-0.4, -0.2) is 36.5 Å². The fourth-order valence-corrected chi connectivity index (χ4v) is 10.9. The Kier molecular flexibility index (Phi) is 42.5. The van der Waals surface area contributed by atoms with Gasteiger partial charge in [-0.25, -0.2) is 0 Å². The highest BCUT2D eigenvalue weighted by Gasteiger charge is 2.23. The second kappa shape index (κ2) is 47.7. The van der Waals surface area contributed by atoms with Crippen LogP contribution >= 0.6 is 0 Å². The molecule has 0 spiro atoms. The maximum atomic E-state index is 12.9. The van der Waals surface area contributed by atoms with E-state index in [1.807, 2.05) is 27.7 Å². The normalized spacial score (nSPS) is 13.6. The van der Waals surface area contributed by atoms with Crippen molar-refractivity contribution in [3.05, 3.63) is 168 Å². The number of nitrogens with one attached hydrogen (secondary N) is 2. The Balaban J connectivity index is 0.000000474. The molecule has 4 rings (SSSR count). The molecule has 6 unspecified atom stereocenters. The van der Waals surface area contributed by atoms with Crippen LogP contribution in [0.1, 0.15) is 277 Å². The molecule has 0 saturated heterocycles. The van der Waals surface area contributed by atoms with Gasteiger partial charge in [-0.15, -0.1) is 0 Å². The van der Waals surface area contributed by atoms with Crippen LogP contribution in [0.15, 0.2) is 146 Å². The second-order valence-corrected chi connectivity index (χ2v) is 26.4. The molecular weight excluding hydrogens is 1040 g/mol. The highest BCUT2D eigenvalue weighted by Crippen LogP contribution is 2.34. The van der Waals surface area contributed by atoms with Gasteiger partial charge in [0.2, 0.25) is 11.8 Å². The van der Waals surface area contributed by atoms with E-state index in [1.165, 1.54) is 106 Å². The van der Waals surface area contributed by atoms with Crippen molar-refractivity contribution >= 4 is 23.4 Å². The minimum atomic E-state index is 0.0469. The number of carbonyl (C=O) groups is 4. The maximum absolute atomic E-state index is 12.9. The van der Waals surface area contributed by atoms with Crippen molar-refractivity contribution in [2.75, 3.05) is 13.1 Å². The molecule has 0 aliphatic carbocycles. The highest BCUT2D eigenvalue weighted by atomic mass is 16.2. The van der Waals surface area contributed by atoms with Crippen LogP contribution in [-0.2, 0) is 19.2 Å². The number of Topliss-reactive ketones (excluding diaryl/α,β-unsaturated/α-hetero) is 2. The summed E-state index contributed by atoms with van der Waals surface area (Å²) in [4.78, 5) is 48.5.